The maximum Gasteiger partial charge on any atom is 0.277 e. The minimum Gasteiger partial charge on any atom is -0.384 e. The summed E-state index contributed by atoms with van der Waals surface area (Å²) in [4.78, 5) is 12.0. The van der Waals surface area contributed by atoms with Gasteiger partial charge in [0.05, 0.1) is 5.69 Å². The molecule has 0 bridgehead atoms. The number of rotatable bonds is 2. The van der Waals surface area contributed by atoms with Gasteiger partial charge in [-0.15, -0.1) is 0 Å². The maximum absolute atomic E-state index is 12.0. The lowest BCUT2D eigenvalue weighted by Crippen LogP contribution is -2.13. The number of aliphatic hydroxyl groups is 1. The number of nitrogens with zero attached hydrogens (tertiary/aromatic N) is 1. The molecule has 0 aliphatic carbocycles. The summed E-state index contributed by atoms with van der Waals surface area (Å²) in [7, 11) is 0. The zero-order valence-electron chi connectivity index (χ0n) is 11.2. The van der Waals surface area contributed by atoms with Crippen LogP contribution in [0, 0.1) is 25.7 Å². The van der Waals surface area contributed by atoms with Crippen molar-refractivity contribution in [3.8, 4) is 11.8 Å². The number of aryl methyl sites for hydroxylation is 2. The van der Waals surface area contributed by atoms with Crippen LogP contribution in [-0.4, -0.2) is 22.8 Å². The predicted molar refractivity (Wildman–Crippen MR) is 74.3 cm³/mol. The number of benzene rings is 1. The van der Waals surface area contributed by atoms with Gasteiger partial charge in [-0.2, -0.15) is 0 Å². The summed E-state index contributed by atoms with van der Waals surface area (Å²) in [6, 6.07) is 7.05. The molecule has 1 aromatic carbocycles. The highest BCUT2D eigenvalue weighted by atomic mass is 16.5. The van der Waals surface area contributed by atoms with Gasteiger partial charge in [0.1, 0.15) is 12.4 Å². The summed E-state index contributed by atoms with van der Waals surface area (Å²) in [5.74, 6) is 5.56. The first-order chi connectivity index (χ1) is 9.60. The Labute approximate surface area is 116 Å². The van der Waals surface area contributed by atoms with Crippen molar-refractivity contribution < 1.29 is 14.4 Å². The zero-order chi connectivity index (χ0) is 14.5. The first-order valence-electron chi connectivity index (χ1n) is 6.05. The Morgan fingerprint density at radius 2 is 2.20 bits per heavy atom. The number of carbonyl (C=O) groups excluding carboxylic acids is 1. The normalized spacial score (nSPS) is 9.75. The van der Waals surface area contributed by atoms with Gasteiger partial charge in [0, 0.05) is 11.6 Å². The van der Waals surface area contributed by atoms with Gasteiger partial charge in [-0.3, -0.25) is 4.79 Å². The molecule has 2 N–H and O–H groups in total. The Balaban J connectivity index is 2.28. The van der Waals surface area contributed by atoms with E-state index in [1.165, 1.54) is 0 Å². The average Bonchev–Trinajstić information content (AvgIpc) is 2.85. The van der Waals surface area contributed by atoms with Crippen molar-refractivity contribution in [1.82, 2.24) is 5.16 Å². The van der Waals surface area contributed by atoms with Crippen LogP contribution in [-0.2, 0) is 0 Å². The fraction of sp³-hybridized carbons (Fsp3) is 0.200. The van der Waals surface area contributed by atoms with Crippen molar-refractivity contribution in [3.05, 3.63) is 46.8 Å². The Morgan fingerprint density at radius 1 is 1.40 bits per heavy atom. The van der Waals surface area contributed by atoms with Gasteiger partial charge >= 0.3 is 0 Å². The Kier molecular flexibility index (Phi) is 4.18. The third kappa shape index (κ3) is 3.25. The van der Waals surface area contributed by atoms with Crippen molar-refractivity contribution in [1.29, 1.82) is 0 Å². The first kappa shape index (κ1) is 13.8. The minimum absolute atomic E-state index is 0.213. The van der Waals surface area contributed by atoms with Crippen LogP contribution < -0.4 is 5.32 Å². The van der Waals surface area contributed by atoms with Gasteiger partial charge in [-0.1, -0.05) is 23.1 Å². The van der Waals surface area contributed by atoms with Gasteiger partial charge in [0.2, 0.25) is 0 Å². The van der Waals surface area contributed by atoms with Gasteiger partial charge in [-0.25, -0.2) is 0 Å². The predicted octanol–water partition coefficient (Wildman–Crippen LogP) is 1.89. The third-order valence-electron chi connectivity index (χ3n) is 2.59. The lowest BCUT2D eigenvalue weighted by atomic mass is 10.1. The van der Waals surface area contributed by atoms with E-state index in [1.54, 1.807) is 19.1 Å². The second-order valence-corrected chi connectivity index (χ2v) is 4.29. The van der Waals surface area contributed by atoms with Crippen LogP contribution in [0.2, 0.25) is 0 Å². The molecule has 1 heterocycles. The van der Waals surface area contributed by atoms with Gasteiger partial charge in [0.25, 0.3) is 5.91 Å². The summed E-state index contributed by atoms with van der Waals surface area (Å²) < 4.78 is 4.87. The molecule has 20 heavy (non-hydrogen) atoms. The summed E-state index contributed by atoms with van der Waals surface area (Å²) in [5.41, 5.74) is 2.42. The minimum atomic E-state index is -0.362. The highest BCUT2D eigenvalue weighted by Crippen LogP contribution is 2.17. The molecular weight excluding hydrogens is 256 g/mol. The van der Waals surface area contributed by atoms with Gasteiger partial charge < -0.3 is 14.9 Å². The van der Waals surface area contributed by atoms with E-state index in [0.717, 1.165) is 5.56 Å². The number of hydrogen-bond donors (Lipinski definition) is 2. The number of carbonyl (C=O) groups is 1. The molecule has 0 atom stereocenters. The van der Waals surface area contributed by atoms with E-state index in [1.807, 2.05) is 19.1 Å². The molecule has 2 aromatic rings. The Bertz CT molecular complexity index is 693. The third-order valence-corrected chi connectivity index (χ3v) is 2.59. The van der Waals surface area contributed by atoms with Gasteiger partial charge in [0.15, 0.2) is 5.69 Å². The van der Waals surface area contributed by atoms with E-state index in [2.05, 4.69) is 22.3 Å². The number of amides is 1. The topological polar surface area (TPSA) is 75.4 Å². The molecule has 2 rings (SSSR count). The van der Waals surface area contributed by atoms with Crippen LogP contribution in [0.3, 0.4) is 0 Å². The van der Waals surface area contributed by atoms with Crippen LogP contribution in [0.25, 0.3) is 0 Å². The molecule has 0 spiro atoms. The lowest BCUT2D eigenvalue weighted by Gasteiger charge is -2.07. The van der Waals surface area contributed by atoms with E-state index in [9.17, 15) is 4.79 Å². The summed E-state index contributed by atoms with van der Waals surface area (Å²) >= 11 is 0. The molecule has 5 heteroatoms. The number of nitrogens with one attached hydrogen (secondary N) is 1. The quantitative estimate of drug-likeness (QED) is 0.817. The van der Waals surface area contributed by atoms with E-state index in [-0.39, 0.29) is 18.2 Å². The molecule has 1 aromatic heterocycles. The first-order valence-corrected chi connectivity index (χ1v) is 6.05. The standard InChI is InChI=1S/C15H14N2O3/c1-10-5-6-12(4-3-7-18)13(8-10)16-15(19)14-9-11(2)20-17-14/h5-6,8-9,18H,7H2,1-2H3,(H,16,19). The van der Waals surface area contributed by atoms with Crippen molar-refractivity contribution in [2.75, 3.05) is 11.9 Å². The maximum atomic E-state index is 12.0. The largest absolute Gasteiger partial charge is 0.384 e. The molecule has 0 saturated heterocycles. The van der Waals surface area contributed by atoms with Crippen molar-refractivity contribution in [3.63, 3.8) is 0 Å². The van der Waals surface area contributed by atoms with E-state index >= 15 is 0 Å². The molecule has 102 valence electrons. The van der Waals surface area contributed by atoms with Crippen LogP contribution >= 0.6 is 0 Å². The zero-order valence-corrected chi connectivity index (χ0v) is 11.2. The fourth-order valence-corrected chi connectivity index (χ4v) is 1.67. The van der Waals surface area contributed by atoms with Crippen molar-refractivity contribution in [2.45, 2.75) is 13.8 Å². The van der Waals surface area contributed by atoms with E-state index in [0.29, 0.717) is 17.0 Å². The van der Waals surface area contributed by atoms with Gasteiger partial charge in [-0.05, 0) is 31.5 Å². The Hall–Kier alpha value is -2.58. The molecule has 0 saturated carbocycles. The molecule has 0 unspecified atom stereocenters. The van der Waals surface area contributed by atoms with Crippen LogP contribution in [0.15, 0.2) is 28.8 Å². The van der Waals surface area contributed by atoms with Crippen LogP contribution in [0.5, 0.6) is 0 Å². The molecule has 0 aliphatic rings. The molecular formula is C15H14N2O3. The van der Waals surface area contributed by atoms with E-state index < -0.39 is 0 Å². The highest BCUT2D eigenvalue weighted by molar-refractivity contribution is 6.03. The molecule has 0 radical (unpaired) electrons. The van der Waals surface area contributed by atoms with E-state index in [4.69, 9.17) is 9.63 Å². The molecule has 1 amide bonds. The SMILES string of the molecule is Cc1ccc(C#CCO)c(NC(=O)c2cc(C)on2)c1. The monoisotopic (exact) mass is 270 g/mol. The highest BCUT2D eigenvalue weighted by Gasteiger charge is 2.12. The molecule has 0 fully saturated rings. The molecule has 5 nitrogen and oxygen atoms in total. The summed E-state index contributed by atoms with van der Waals surface area (Å²) in [6.07, 6.45) is 0. The van der Waals surface area contributed by atoms with Crippen LogP contribution in [0.1, 0.15) is 27.4 Å². The fourth-order valence-electron chi connectivity index (χ4n) is 1.67. The summed E-state index contributed by atoms with van der Waals surface area (Å²) in [5, 5.41) is 15.2. The lowest BCUT2D eigenvalue weighted by molar-refractivity contribution is 0.101. The van der Waals surface area contributed by atoms with Crippen molar-refractivity contribution >= 4 is 11.6 Å². The summed E-state index contributed by atoms with van der Waals surface area (Å²) in [6.45, 7) is 3.40. The number of aromatic nitrogens is 1. The smallest absolute Gasteiger partial charge is 0.277 e. The molecule has 0 aliphatic heterocycles. The average molecular weight is 270 g/mol. The van der Waals surface area contributed by atoms with Crippen LogP contribution in [0.4, 0.5) is 5.69 Å². The number of anilines is 1. The van der Waals surface area contributed by atoms with Crippen molar-refractivity contribution in [2.24, 2.45) is 0 Å². The number of hydrogen-bond acceptors (Lipinski definition) is 4. The Morgan fingerprint density at radius 3 is 2.85 bits per heavy atom. The second kappa shape index (κ2) is 6.04. The second-order valence-electron chi connectivity index (χ2n) is 4.29. The number of aliphatic hydroxyl groups excluding tert-OH is 1.